The van der Waals surface area contributed by atoms with E-state index >= 15 is 0 Å². The second-order valence-electron chi connectivity index (χ2n) is 4.48. The molecule has 0 bridgehead atoms. The lowest BCUT2D eigenvalue weighted by Gasteiger charge is -2.16. The lowest BCUT2D eigenvalue weighted by atomic mass is 9.90. The SMILES string of the molecule is CSc1nnc(-c2cc3c(s2)CC[C@@H](C)C3)o1. The Morgan fingerprint density at radius 1 is 1.47 bits per heavy atom. The summed E-state index contributed by atoms with van der Waals surface area (Å²) < 4.78 is 5.57. The monoisotopic (exact) mass is 266 g/mol. The smallest absolute Gasteiger partial charge is 0.276 e. The standard InChI is InChI=1S/C12H14N2OS2/c1-7-3-4-9-8(5-7)6-10(17-9)11-13-14-12(15-11)16-2/h6-7H,3-5H2,1-2H3/t7-/m1/s1. The van der Waals surface area contributed by atoms with Crippen LogP contribution in [-0.2, 0) is 12.8 Å². The van der Waals surface area contributed by atoms with Crippen LogP contribution in [0.5, 0.6) is 0 Å². The topological polar surface area (TPSA) is 38.9 Å². The van der Waals surface area contributed by atoms with Crippen molar-refractivity contribution >= 4 is 23.1 Å². The number of aromatic nitrogens is 2. The zero-order valence-corrected chi connectivity index (χ0v) is 11.5. The van der Waals surface area contributed by atoms with E-state index in [0.29, 0.717) is 11.1 Å². The summed E-state index contributed by atoms with van der Waals surface area (Å²) in [6.45, 7) is 2.32. The highest BCUT2D eigenvalue weighted by molar-refractivity contribution is 7.98. The number of rotatable bonds is 2. The Labute approximate surface area is 109 Å². The van der Waals surface area contributed by atoms with Crippen LogP contribution in [0.4, 0.5) is 0 Å². The minimum Gasteiger partial charge on any atom is -0.410 e. The maximum absolute atomic E-state index is 5.57. The van der Waals surface area contributed by atoms with Gasteiger partial charge in [-0.25, -0.2) is 0 Å². The third-order valence-corrected chi connectivity index (χ3v) is 4.86. The van der Waals surface area contributed by atoms with Gasteiger partial charge in [-0.2, -0.15) is 0 Å². The summed E-state index contributed by atoms with van der Waals surface area (Å²) in [6, 6.07) is 2.23. The third-order valence-electron chi connectivity index (χ3n) is 3.12. The van der Waals surface area contributed by atoms with E-state index in [-0.39, 0.29) is 0 Å². The summed E-state index contributed by atoms with van der Waals surface area (Å²) in [7, 11) is 0. The number of hydrogen-bond acceptors (Lipinski definition) is 5. The Bertz CT molecular complexity index is 532. The predicted octanol–water partition coefficient (Wildman–Crippen LogP) is 3.64. The molecule has 90 valence electrons. The van der Waals surface area contributed by atoms with Gasteiger partial charge in [0.1, 0.15) is 0 Å². The van der Waals surface area contributed by atoms with Gasteiger partial charge in [0, 0.05) is 4.88 Å². The van der Waals surface area contributed by atoms with Gasteiger partial charge in [0.2, 0.25) is 0 Å². The van der Waals surface area contributed by atoms with E-state index in [2.05, 4.69) is 23.2 Å². The lowest BCUT2D eigenvalue weighted by molar-refractivity contribution is 0.467. The first kappa shape index (κ1) is 11.3. The Kier molecular flexibility index (Phi) is 2.96. The number of hydrogen-bond donors (Lipinski definition) is 0. The van der Waals surface area contributed by atoms with E-state index in [0.717, 1.165) is 10.8 Å². The lowest BCUT2D eigenvalue weighted by Crippen LogP contribution is -2.07. The molecular weight excluding hydrogens is 252 g/mol. The molecule has 3 rings (SSSR count). The highest BCUT2D eigenvalue weighted by atomic mass is 32.2. The third kappa shape index (κ3) is 2.13. The van der Waals surface area contributed by atoms with Gasteiger partial charge >= 0.3 is 0 Å². The minimum absolute atomic E-state index is 0.639. The normalized spacial score (nSPS) is 19.3. The van der Waals surface area contributed by atoms with E-state index in [1.54, 1.807) is 0 Å². The molecule has 0 amide bonds. The van der Waals surface area contributed by atoms with Gasteiger partial charge < -0.3 is 4.42 Å². The summed E-state index contributed by atoms with van der Waals surface area (Å²) in [5.74, 6) is 1.47. The molecule has 3 nitrogen and oxygen atoms in total. The number of fused-ring (bicyclic) bond motifs is 1. The van der Waals surface area contributed by atoms with Crippen LogP contribution in [0.2, 0.25) is 0 Å². The Morgan fingerprint density at radius 3 is 3.12 bits per heavy atom. The number of thioether (sulfide) groups is 1. The van der Waals surface area contributed by atoms with E-state index in [1.807, 2.05) is 17.6 Å². The van der Waals surface area contributed by atoms with Crippen LogP contribution >= 0.6 is 23.1 Å². The van der Waals surface area contributed by atoms with Crippen LogP contribution in [0.3, 0.4) is 0 Å². The Balaban J connectivity index is 1.94. The summed E-state index contributed by atoms with van der Waals surface area (Å²) in [4.78, 5) is 2.62. The van der Waals surface area contributed by atoms with Crippen LogP contribution in [0.15, 0.2) is 15.7 Å². The molecule has 0 spiro atoms. The van der Waals surface area contributed by atoms with Crippen LogP contribution in [0.25, 0.3) is 10.8 Å². The van der Waals surface area contributed by atoms with Crippen molar-refractivity contribution in [3.8, 4) is 10.8 Å². The van der Waals surface area contributed by atoms with Gasteiger partial charge in [-0.3, -0.25) is 0 Å². The molecule has 0 N–H and O–H groups in total. The molecule has 1 aliphatic carbocycles. The first-order chi connectivity index (χ1) is 8.26. The van der Waals surface area contributed by atoms with Gasteiger partial charge in [-0.05, 0) is 43.1 Å². The van der Waals surface area contributed by atoms with Gasteiger partial charge in [0.05, 0.1) is 4.88 Å². The molecule has 0 radical (unpaired) electrons. The van der Waals surface area contributed by atoms with Crippen molar-refractivity contribution in [2.75, 3.05) is 6.26 Å². The molecule has 0 aromatic carbocycles. The van der Waals surface area contributed by atoms with Crippen LogP contribution in [0, 0.1) is 5.92 Å². The van der Waals surface area contributed by atoms with E-state index in [9.17, 15) is 0 Å². The molecule has 2 heterocycles. The second kappa shape index (κ2) is 4.46. The van der Waals surface area contributed by atoms with E-state index in [4.69, 9.17) is 4.42 Å². The van der Waals surface area contributed by atoms with Crippen molar-refractivity contribution in [1.29, 1.82) is 0 Å². The molecular formula is C12H14N2OS2. The van der Waals surface area contributed by atoms with Gasteiger partial charge in [0.15, 0.2) is 0 Å². The van der Waals surface area contributed by atoms with Crippen LogP contribution < -0.4 is 0 Å². The van der Waals surface area contributed by atoms with Crippen molar-refractivity contribution in [3.63, 3.8) is 0 Å². The molecule has 1 aliphatic rings. The van der Waals surface area contributed by atoms with E-state index in [1.165, 1.54) is 41.5 Å². The Morgan fingerprint density at radius 2 is 2.35 bits per heavy atom. The molecule has 0 unspecified atom stereocenters. The largest absolute Gasteiger partial charge is 0.410 e. The van der Waals surface area contributed by atoms with Crippen LogP contribution in [0.1, 0.15) is 23.8 Å². The van der Waals surface area contributed by atoms with Crippen molar-refractivity contribution in [1.82, 2.24) is 10.2 Å². The number of thiophene rings is 1. The molecule has 17 heavy (non-hydrogen) atoms. The molecule has 5 heteroatoms. The predicted molar refractivity (Wildman–Crippen MR) is 70.6 cm³/mol. The summed E-state index contributed by atoms with van der Waals surface area (Å²) >= 11 is 3.29. The first-order valence-electron chi connectivity index (χ1n) is 5.75. The fourth-order valence-corrected chi connectivity index (χ4v) is 3.62. The fourth-order valence-electron chi connectivity index (χ4n) is 2.20. The van der Waals surface area contributed by atoms with Crippen molar-refractivity contribution in [2.24, 2.45) is 5.92 Å². The van der Waals surface area contributed by atoms with Crippen molar-refractivity contribution in [3.05, 3.63) is 16.5 Å². The maximum atomic E-state index is 5.57. The average molecular weight is 266 g/mol. The number of aryl methyl sites for hydroxylation is 1. The molecule has 0 fully saturated rings. The molecule has 2 aromatic heterocycles. The van der Waals surface area contributed by atoms with Crippen LogP contribution in [-0.4, -0.2) is 16.5 Å². The summed E-state index contributed by atoms with van der Waals surface area (Å²) in [6.07, 6.45) is 5.63. The molecule has 0 saturated heterocycles. The quantitative estimate of drug-likeness (QED) is 0.778. The molecule has 2 aromatic rings. The van der Waals surface area contributed by atoms with Crippen molar-refractivity contribution < 1.29 is 4.42 Å². The molecule has 0 saturated carbocycles. The van der Waals surface area contributed by atoms with E-state index < -0.39 is 0 Å². The summed E-state index contributed by atoms with van der Waals surface area (Å²) in [5.41, 5.74) is 1.48. The average Bonchev–Trinajstić information content (AvgIpc) is 2.93. The number of nitrogens with zero attached hydrogens (tertiary/aromatic N) is 2. The molecule has 0 aliphatic heterocycles. The van der Waals surface area contributed by atoms with Gasteiger partial charge in [-0.1, -0.05) is 18.7 Å². The first-order valence-corrected chi connectivity index (χ1v) is 7.80. The highest BCUT2D eigenvalue weighted by Gasteiger charge is 2.20. The second-order valence-corrected chi connectivity index (χ2v) is 6.38. The zero-order chi connectivity index (χ0) is 11.8. The Hall–Kier alpha value is -0.810. The fraction of sp³-hybridized carbons (Fsp3) is 0.500. The zero-order valence-electron chi connectivity index (χ0n) is 9.90. The van der Waals surface area contributed by atoms with Gasteiger partial charge in [-0.15, -0.1) is 21.5 Å². The minimum atomic E-state index is 0.639. The van der Waals surface area contributed by atoms with Gasteiger partial charge in [0.25, 0.3) is 11.1 Å². The van der Waals surface area contributed by atoms with Crippen molar-refractivity contribution in [2.45, 2.75) is 31.4 Å². The molecule has 1 atom stereocenters. The highest BCUT2D eigenvalue weighted by Crippen LogP contribution is 2.37. The maximum Gasteiger partial charge on any atom is 0.276 e. The summed E-state index contributed by atoms with van der Waals surface area (Å²) in [5, 5.41) is 8.72.